The topological polar surface area (TPSA) is 5.90 Å². The zero-order valence-corrected chi connectivity index (χ0v) is 6.04. The zero-order valence-electron chi connectivity index (χ0n) is 3.59. The second-order valence-electron chi connectivity index (χ2n) is 1.22. The maximum Gasteiger partial charge on any atom is 0.261 e. The molecule has 7 heavy (non-hydrogen) atoms. The van der Waals surface area contributed by atoms with Crippen LogP contribution >= 0.6 is 24.0 Å². The van der Waals surface area contributed by atoms with Gasteiger partial charge in [-0.2, -0.15) is 0 Å². The van der Waals surface area contributed by atoms with Crippen molar-refractivity contribution >= 4 is 41.1 Å². The second kappa shape index (κ2) is 2.35. The van der Waals surface area contributed by atoms with Crippen LogP contribution in [0.3, 0.4) is 0 Å². The van der Waals surface area contributed by atoms with Gasteiger partial charge in [0.25, 0.3) is 4.32 Å². The summed E-state index contributed by atoms with van der Waals surface area (Å²) >= 11 is 11.3. The van der Waals surface area contributed by atoms with Gasteiger partial charge in [-0.1, -0.05) is 0 Å². The van der Waals surface area contributed by atoms with Crippen LogP contribution in [0.2, 0.25) is 0 Å². The first-order chi connectivity index (χ1) is 3.30. The first kappa shape index (κ1) is 5.88. The summed E-state index contributed by atoms with van der Waals surface area (Å²) in [6, 6.07) is 0. The predicted molar refractivity (Wildman–Crippen MR) is 39.4 cm³/mol. The van der Waals surface area contributed by atoms with Crippen molar-refractivity contribution in [2.24, 2.45) is 0 Å². The van der Waals surface area contributed by atoms with Crippen molar-refractivity contribution in [2.75, 3.05) is 12.3 Å². The molecular weight excluding hydrogens is 146 g/mol. The number of rotatable bonds is 0. The Balaban J connectivity index is 2.48. The molecule has 0 saturated carbocycles. The number of thiocarbonyl (C=S) groups is 1. The van der Waals surface area contributed by atoms with Crippen molar-refractivity contribution in [3.8, 4) is 0 Å². The SMILES string of the molecule is S=C1SCC[N+]1[S-]. The average Bonchev–Trinajstić information content (AvgIpc) is 1.91. The molecule has 1 radical (unpaired) electrons. The maximum absolute atomic E-state index is 4.83. The highest BCUT2D eigenvalue weighted by atomic mass is 32.2. The Kier molecular flexibility index (Phi) is 1.97. The Hall–Kier alpha value is 0.750. The first-order valence-electron chi connectivity index (χ1n) is 1.92. The van der Waals surface area contributed by atoms with Gasteiger partial charge in [-0.05, 0) is 24.0 Å². The second-order valence-corrected chi connectivity index (χ2v) is 3.39. The molecule has 0 spiro atoms. The summed E-state index contributed by atoms with van der Waals surface area (Å²) in [5.74, 6) is 1.07. The molecule has 1 heterocycles. The first-order valence-corrected chi connectivity index (χ1v) is 3.68. The molecule has 1 aliphatic heterocycles. The van der Waals surface area contributed by atoms with Gasteiger partial charge in [-0.25, -0.2) is 4.31 Å². The fourth-order valence-corrected chi connectivity index (χ4v) is 1.77. The Bertz CT molecular complexity index is 92.2. The van der Waals surface area contributed by atoms with Crippen molar-refractivity contribution in [3.63, 3.8) is 0 Å². The zero-order chi connectivity index (χ0) is 5.28. The summed E-state index contributed by atoms with van der Waals surface area (Å²) in [6.45, 7) is 0.943. The van der Waals surface area contributed by atoms with Crippen LogP contribution in [0.4, 0.5) is 0 Å². The summed E-state index contributed by atoms with van der Waals surface area (Å²) in [5, 5.41) is 0. The van der Waals surface area contributed by atoms with Crippen molar-refractivity contribution in [2.45, 2.75) is 0 Å². The van der Waals surface area contributed by atoms with E-state index in [1.807, 2.05) is 0 Å². The fourth-order valence-electron chi connectivity index (χ4n) is 0.379. The smallest absolute Gasteiger partial charge is 0.261 e. The van der Waals surface area contributed by atoms with E-state index in [0.717, 1.165) is 16.6 Å². The Labute approximate surface area is 58.0 Å². The third-order valence-corrected chi connectivity index (χ3v) is 2.75. The summed E-state index contributed by atoms with van der Waals surface area (Å²) in [5.41, 5.74) is 0. The lowest BCUT2D eigenvalue weighted by molar-refractivity contribution is 0.935. The molecule has 0 aromatic carbocycles. The molecule has 0 bridgehead atoms. The van der Waals surface area contributed by atoms with E-state index >= 15 is 0 Å². The monoisotopic (exact) mass is 150 g/mol. The van der Waals surface area contributed by atoms with Crippen LogP contribution in [-0.4, -0.2) is 16.6 Å². The molecule has 1 fully saturated rings. The van der Waals surface area contributed by atoms with Gasteiger partial charge in [-0.15, -0.1) is 0 Å². The number of hydrogen-bond acceptors (Lipinski definition) is 3. The van der Waals surface area contributed by atoms with Gasteiger partial charge in [0, 0.05) is 0 Å². The highest BCUT2D eigenvalue weighted by Crippen LogP contribution is 2.12. The van der Waals surface area contributed by atoms with Crippen LogP contribution in [0, 0.1) is 0 Å². The minimum Gasteiger partial charge on any atom is -0.424 e. The number of hydrogen-bond donors (Lipinski definition) is 0. The van der Waals surface area contributed by atoms with E-state index in [-0.39, 0.29) is 0 Å². The molecule has 1 aliphatic rings. The maximum atomic E-state index is 4.83. The molecule has 39 valence electrons. The standard InChI is InChI=1S/C3H4NS3/c5-3-4(6)1-2-7-3/h1-2H2. The molecule has 0 aliphatic carbocycles. The van der Waals surface area contributed by atoms with E-state index < -0.39 is 0 Å². The van der Waals surface area contributed by atoms with Crippen molar-refractivity contribution in [3.05, 3.63) is 0 Å². The van der Waals surface area contributed by atoms with Crippen molar-refractivity contribution in [1.29, 1.82) is 0 Å². The predicted octanol–water partition coefficient (Wildman–Crippen LogP) is 0.620. The van der Waals surface area contributed by atoms with Crippen LogP contribution in [0.25, 0.3) is 0 Å². The Morgan fingerprint density at radius 3 is 2.71 bits per heavy atom. The molecule has 0 amide bonds. The molecule has 0 atom stereocenters. The largest absolute Gasteiger partial charge is 0.424 e. The van der Waals surface area contributed by atoms with Gasteiger partial charge in [0.1, 0.15) is 6.54 Å². The third-order valence-electron chi connectivity index (χ3n) is 0.724. The highest BCUT2D eigenvalue weighted by molar-refractivity contribution is 8.23. The van der Waals surface area contributed by atoms with Crippen LogP contribution in [-0.2, 0) is 12.8 Å². The fraction of sp³-hybridized carbons (Fsp3) is 0.667. The quantitative estimate of drug-likeness (QED) is 0.284. The van der Waals surface area contributed by atoms with Crippen molar-refractivity contribution < 1.29 is 0 Å². The molecule has 1 saturated heterocycles. The van der Waals surface area contributed by atoms with Crippen LogP contribution in [0.1, 0.15) is 0 Å². The van der Waals surface area contributed by atoms with E-state index in [0.29, 0.717) is 0 Å². The third kappa shape index (κ3) is 1.32. The van der Waals surface area contributed by atoms with E-state index in [1.54, 1.807) is 16.1 Å². The lowest BCUT2D eigenvalue weighted by Gasteiger charge is -2.02. The van der Waals surface area contributed by atoms with Gasteiger partial charge in [-0.3, -0.25) is 0 Å². The summed E-state index contributed by atoms with van der Waals surface area (Å²) in [6.07, 6.45) is 0. The van der Waals surface area contributed by atoms with E-state index in [9.17, 15) is 0 Å². The van der Waals surface area contributed by atoms with Crippen LogP contribution < -0.4 is 4.31 Å². The van der Waals surface area contributed by atoms with E-state index in [4.69, 9.17) is 25.0 Å². The van der Waals surface area contributed by atoms with Gasteiger partial charge in [0.05, 0.1) is 5.75 Å². The summed E-state index contributed by atoms with van der Waals surface area (Å²) in [7, 11) is 0. The van der Waals surface area contributed by atoms with Gasteiger partial charge >= 0.3 is 0 Å². The molecule has 0 unspecified atom stereocenters. The number of nitrogens with zero attached hydrogens (tertiary/aromatic N) is 1. The lowest BCUT2D eigenvalue weighted by atomic mass is 10.8. The van der Waals surface area contributed by atoms with Crippen molar-refractivity contribution in [1.82, 2.24) is 4.31 Å². The minimum absolute atomic E-state index is 0.856. The summed E-state index contributed by atoms with van der Waals surface area (Å²) < 4.78 is 2.54. The number of thioether (sulfide) groups is 1. The Morgan fingerprint density at radius 2 is 2.57 bits per heavy atom. The molecule has 1 rings (SSSR count). The van der Waals surface area contributed by atoms with E-state index in [2.05, 4.69) is 0 Å². The molecule has 0 aromatic heterocycles. The molecule has 0 N–H and O–H groups in total. The molecular formula is C3H4NS3. The van der Waals surface area contributed by atoms with Gasteiger partial charge in [0.15, 0.2) is 0 Å². The minimum atomic E-state index is 0.856. The normalized spacial score (nSPS) is 23.9. The summed E-state index contributed by atoms with van der Waals surface area (Å²) in [4.78, 5) is 0. The molecule has 1 nitrogen and oxygen atoms in total. The molecule has 0 aromatic rings. The van der Waals surface area contributed by atoms with Gasteiger partial charge < -0.3 is 12.8 Å². The van der Waals surface area contributed by atoms with Gasteiger partial charge in [0.2, 0.25) is 0 Å². The molecule has 4 heteroatoms. The lowest BCUT2D eigenvalue weighted by Crippen LogP contribution is -2.20. The van der Waals surface area contributed by atoms with Crippen LogP contribution in [0.5, 0.6) is 0 Å². The highest BCUT2D eigenvalue weighted by Gasteiger charge is 2.17. The van der Waals surface area contributed by atoms with E-state index in [1.165, 1.54) is 0 Å². The van der Waals surface area contributed by atoms with Crippen LogP contribution in [0.15, 0.2) is 0 Å². The average molecular weight is 150 g/mol. The Morgan fingerprint density at radius 1 is 1.86 bits per heavy atom.